The van der Waals surface area contributed by atoms with Crippen molar-refractivity contribution in [1.82, 2.24) is 0 Å². The molecule has 0 aliphatic rings. The van der Waals surface area contributed by atoms with Gasteiger partial charge >= 0.3 is 0 Å². The number of hydrogen-bond donors (Lipinski definition) is 2. The van der Waals surface area contributed by atoms with Gasteiger partial charge < -0.3 is 10.8 Å². The topological polar surface area (TPSA) is 46.2 Å². The third kappa shape index (κ3) is 2.98. The van der Waals surface area contributed by atoms with E-state index < -0.39 is 0 Å². The van der Waals surface area contributed by atoms with E-state index in [4.69, 9.17) is 5.73 Å². The Kier molecular flexibility index (Phi) is 3.62. The lowest BCUT2D eigenvalue weighted by Crippen LogP contribution is -1.90. The zero-order valence-electron chi connectivity index (χ0n) is 8.09. The van der Waals surface area contributed by atoms with Gasteiger partial charge in [0, 0.05) is 0 Å². The molecule has 0 radical (unpaired) electrons. The molecule has 0 spiro atoms. The highest BCUT2D eigenvalue weighted by Gasteiger charge is 1.98. The van der Waals surface area contributed by atoms with Crippen LogP contribution < -0.4 is 5.73 Å². The summed E-state index contributed by atoms with van der Waals surface area (Å²) in [5, 5.41) is 9.19. The quantitative estimate of drug-likeness (QED) is 0.424. The molecule has 0 unspecified atom stereocenters. The summed E-state index contributed by atoms with van der Waals surface area (Å²) in [6, 6.07) is 5.45. The van der Waals surface area contributed by atoms with Crippen LogP contribution in [-0.4, -0.2) is 5.11 Å². The summed E-state index contributed by atoms with van der Waals surface area (Å²) in [4.78, 5) is 0. The summed E-state index contributed by atoms with van der Waals surface area (Å²) in [5.74, 6) is 0.180. The van der Waals surface area contributed by atoms with Crippen molar-refractivity contribution in [2.24, 2.45) is 0 Å². The van der Waals surface area contributed by atoms with E-state index in [1.54, 1.807) is 6.07 Å². The van der Waals surface area contributed by atoms with Gasteiger partial charge in [-0.15, -0.1) is 0 Å². The maximum Gasteiger partial charge on any atom is 0.138 e. The predicted octanol–water partition coefficient (Wildman–Crippen LogP) is 2.71. The van der Waals surface area contributed by atoms with E-state index in [1.807, 2.05) is 12.1 Å². The number of unbranched alkanes of at least 4 members (excludes halogenated alkanes) is 2. The summed E-state index contributed by atoms with van der Waals surface area (Å²) in [6.45, 7) is 2.19. The summed E-state index contributed by atoms with van der Waals surface area (Å²) in [7, 11) is 0. The first-order chi connectivity index (χ1) is 6.24. The molecular formula is C11H17NO. The second-order valence-electron chi connectivity index (χ2n) is 3.35. The Balaban J connectivity index is 2.53. The SMILES string of the molecule is CCCCCc1ccc(O)c(N)c1. The van der Waals surface area contributed by atoms with Crippen LogP contribution in [0, 0.1) is 0 Å². The van der Waals surface area contributed by atoms with Crippen molar-refractivity contribution >= 4 is 5.69 Å². The number of nitrogens with two attached hydrogens (primary N) is 1. The van der Waals surface area contributed by atoms with E-state index in [2.05, 4.69) is 6.92 Å². The molecular weight excluding hydrogens is 162 g/mol. The Bertz CT molecular complexity index is 271. The van der Waals surface area contributed by atoms with Crippen molar-refractivity contribution in [2.75, 3.05) is 5.73 Å². The van der Waals surface area contributed by atoms with Gasteiger partial charge in [0.15, 0.2) is 0 Å². The van der Waals surface area contributed by atoms with E-state index >= 15 is 0 Å². The normalized spacial score (nSPS) is 10.2. The number of aromatic hydroxyl groups is 1. The number of phenolic OH excluding ortho intramolecular Hbond substituents is 1. The number of anilines is 1. The molecule has 0 heterocycles. The molecule has 0 aromatic heterocycles. The summed E-state index contributed by atoms with van der Waals surface area (Å²) < 4.78 is 0. The Hall–Kier alpha value is -1.18. The fraction of sp³-hybridized carbons (Fsp3) is 0.455. The molecule has 1 rings (SSSR count). The zero-order chi connectivity index (χ0) is 9.68. The highest BCUT2D eigenvalue weighted by molar-refractivity contribution is 5.53. The fourth-order valence-corrected chi connectivity index (χ4v) is 1.34. The van der Waals surface area contributed by atoms with Gasteiger partial charge in [0.05, 0.1) is 5.69 Å². The number of benzene rings is 1. The highest BCUT2D eigenvalue weighted by Crippen LogP contribution is 2.21. The third-order valence-electron chi connectivity index (χ3n) is 2.16. The van der Waals surface area contributed by atoms with Crippen LogP contribution in [-0.2, 0) is 6.42 Å². The number of rotatable bonds is 4. The Labute approximate surface area is 79.4 Å². The monoisotopic (exact) mass is 179 g/mol. The zero-order valence-corrected chi connectivity index (χ0v) is 8.09. The highest BCUT2D eigenvalue weighted by atomic mass is 16.3. The summed E-state index contributed by atoms with van der Waals surface area (Å²) in [5.41, 5.74) is 7.27. The lowest BCUT2D eigenvalue weighted by molar-refractivity contribution is 0.477. The van der Waals surface area contributed by atoms with E-state index in [1.165, 1.54) is 24.8 Å². The van der Waals surface area contributed by atoms with E-state index in [0.717, 1.165) is 6.42 Å². The standard InChI is InChI=1S/C11H17NO/c1-2-3-4-5-9-6-7-11(13)10(12)8-9/h6-8,13H,2-5,12H2,1H3. The minimum Gasteiger partial charge on any atom is -0.506 e. The lowest BCUT2D eigenvalue weighted by Gasteiger charge is -2.03. The minimum absolute atomic E-state index is 0.180. The molecule has 0 bridgehead atoms. The molecule has 13 heavy (non-hydrogen) atoms. The maximum atomic E-state index is 9.19. The average molecular weight is 179 g/mol. The van der Waals surface area contributed by atoms with Gasteiger partial charge in [0.2, 0.25) is 0 Å². The molecule has 1 aromatic rings. The van der Waals surface area contributed by atoms with Gasteiger partial charge in [-0.25, -0.2) is 0 Å². The molecule has 3 N–H and O–H groups in total. The van der Waals surface area contributed by atoms with Crippen molar-refractivity contribution < 1.29 is 5.11 Å². The Morgan fingerprint density at radius 1 is 1.31 bits per heavy atom. The van der Waals surface area contributed by atoms with Gasteiger partial charge in [0.25, 0.3) is 0 Å². The maximum absolute atomic E-state index is 9.19. The molecule has 0 saturated carbocycles. The number of phenols is 1. The molecule has 0 atom stereocenters. The van der Waals surface area contributed by atoms with Crippen molar-refractivity contribution in [2.45, 2.75) is 32.6 Å². The minimum atomic E-state index is 0.180. The molecule has 0 fully saturated rings. The first-order valence-electron chi connectivity index (χ1n) is 4.81. The first-order valence-corrected chi connectivity index (χ1v) is 4.81. The van der Waals surface area contributed by atoms with Gasteiger partial charge in [-0.2, -0.15) is 0 Å². The molecule has 2 heteroatoms. The van der Waals surface area contributed by atoms with Crippen molar-refractivity contribution in [3.8, 4) is 5.75 Å². The van der Waals surface area contributed by atoms with Crippen LogP contribution in [0.2, 0.25) is 0 Å². The second kappa shape index (κ2) is 4.75. The lowest BCUT2D eigenvalue weighted by atomic mass is 10.1. The van der Waals surface area contributed by atoms with Crippen LogP contribution in [0.15, 0.2) is 18.2 Å². The molecule has 0 aliphatic carbocycles. The van der Waals surface area contributed by atoms with E-state index in [0.29, 0.717) is 5.69 Å². The van der Waals surface area contributed by atoms with Crippen LogP contribution in [0.5, 0.6) is 5.75 Å². The molecule has 72 valence electrons. The van der Waals surface area contributed by atoms with Gasteiger partial charge in [0.1, 0.15) is 5.75 Å². The van der Waals surface area contributed by atoms with Crippen LogP contribution in [0.1, 0.15) is 31.7 Å². The Morgan fingerprint density at radius 2 is 2.08 bits per heavy atom. The largest absolute Gasteiger partial charge is 0.506 e. The van der Waals surface area contributed by atoms with Crippen molar-refractivity contribution in [3.63, 3.8) is 0 Å². The number of hydrogen-bond acceptors (Lipinski definition) is 2. The van der Waals surface area contributed by atoms with Gasteiger partial charge in [-0.1, -0.05) is 25.8 Å². The fourth-order valence-electron chi connectivity index (χ4n) is 1.34. The smallest absolute Gasteiger partial charge is 0.138 e. The molecule has 0 aliphatic heterocycles. The van der Waals surface area contributed by atoms with Crippen LogP contribution in [0.3, 0.4) is 0 Å². The Morgan fingerprint density at radius 3 is 2.69 bits per heavy atom. The van der Waals surface area contributed by atoms with Crippen molar-refractivity contribution in [1.29, 1.82) is 0 Å². The van der Waals surface area contributed by atoms with E-state index in [9.17, 15) is 5.11 Å². The number of nitrogen functional groups attached to an aromatic ring is 1. The second-order valence-corrected chi connectivity index (χ2v) is 3.35. The first kappa shape index (κ1) is 9.90. The van der Waals surface area contributed by atoms with Crippen LogP contribution in [0.4, 0.5) is 5.69 Å². The van der Waals surface area contributed by atoms with Crippen LogP contribution >= 0.6 is 0 Å². The molecule has 0 amide bonds. The summed E-state index contributed by atoms with van der Waals surface area (Å²) >= 11 is 0. The molecule has 0 saturated heterocycles. The van der Waals surface area contributed by atoms with Crippen molar-refractivity contribution in [3.05, 3.63) is 23.8 Å². The van der Waals surface area contributed by atoms with Crippen LogP contribution in [0.25, 0.3) is 0 Å². The van der Waals surface area contributed by atoms with E-state index in [-0.39, 0.29) is 5.75 Å². The van der Waals surface area contributed by atoms with Gasteiger partial charge in [-0.05, 0) is 30.5 Å². The summed E-state index contributed by atoms with van der Waals surface area (Å²) in [6.07, 6.45) is 4.73. The third-order valence-corrected chi connectivity index (χ3v) is 2.16. The predicted molar refractivity (Wildman–Crippen MR) is 55.7 cm³/mol. The average Bonchev–Trinajstić information content (AvgIpc) is 2.12. The number of aryl methyl sites for hydroxylation is 1. The van der Waals surface area contributed by atoms with Gasteiger partial charge in [-0.3, -0.25) is 0 Å². The molecule has 1 aromatic carbocycles. The molecule has 2 nitrogen and oxygen atoms in total.